The van der Waals surface area contributed by atoms with Crippen molar-refractivity contribution in [3.8, 4) is 0 Å². The molecule has 4 aromatic heterocycles. The summed E-state index contributed by atoms with van der Waals surface area (Å²) in [6.07, 6.45) is 6.46. The molecule has 9 rings (SSSR count). The number of carboxylic acid groups (broad SMARTS) is 1. The van der Waals surface area contributed by atoms with Gasteiger partial charge in [-0.1, -0.05) is 30.3 Å². The van der Waals surface area contributed by atoms with Crippen molar-refractivity contribution >= 4 is 56.7 Å². The number of amides is 1. The van der Waals surface area contributed by atoms with Crippen LogP contribution in [-0.4, -0.2) is 48.5 Å². The molecule has 2 N–H and O–H groups in total. The average molecular weight is 795 g/mol. The highest BCUT2D eigenvalue weighted by molar-refractivity contribution is 6.09. The number of aromatic amines is 1. The lowest BCUT2D eigenvalue weighted by molar-refractivity contribution is -0.169. The largest absolute Gasteiger partial charge is 0.478 e. The number of fused-ring (bicyclic) bond motifs is 2. The van der Waals surface area contributed by atoms with Crippen LogP contribution in [0.15, 0.2) is 110 Å². The first-order chi connectivity index (χ1) is 28.4. The van der Waals surface area contributed by atoms with Gasteiger partial charge in [0.15, 0.2) is 17.3 Å². The number of aromatic nitrogens is 4. The number of nitrogens with one attached hydrogen (secondary N) is 1. The smallest absolute Gasteiger partial charge is 0.472 e. The molecule has 2 aliphatic carbocycles. The number of H-pyrrole nitrogens is 1. The zero-order valence-corrected chi connectivity index (χ0v) is 31.8. The van der Waals surface area contributed by atoms with Crippen molar-refractivity contribution in [2.45, 2.75) is 63.6 Å². The topological polar surface area (TPSA) is 126 Å². The molecule has 10 nitrogen and oxygen atoms in total. The number of para-hydroxylation sites is 1. The van der Waals surface area contributed by atoms with Crippen LogP contribution < -0.4 is 4.90 Å². The van der Waals surface area contributed by atoms with E-state index in [1.165, 1.54) is 25.3 Å². The van der Waals surface area contributed by atoms with Gasteiger partial charge < -0.3 is 14.7 Å². The summed E-state index contributed by atoms with van der Waals surface area (Å²) in [6.45, 7) is 9.25. The summed E-state index contributed by atoms with van der Waals surface area (Å²) in [6, 6.07) is 25.4. The van der Waals surface area contributed by atoms with Crippen molar-refractivity contribution < 1.29 is 32.7 Å². The summed E-state index contributed by atoms with van der Waals surface area (Å²) in [7, 11) is 0. The van der Waals surface area contributed by atoms with E-state index >= 15 is 0 Å². The zero-order chi connectivity index (χ0) is 41.4. The lowest BCUT2D eigenvalue weighted by atomic mass is 10.0. The number of aromatic carboxylic acids is 1. The molecule has 0 aliphatic heterocycles. The van der Waals surface area contributed by atoms with Crippen molar-refractivity contribution in [1.29, 1.82) is 0 Å². The number of halogens is 3. The van der Waals surface area contributed by atoms with Crippen LogP contribution in [0.25, 0.3) is 26.7 Å². The Hall–Kier alpha value is -7.07. The minimum Gasteiger partial charge on any atom is -0.478 e. The standard InChI is InChI=1S/C26H21N3O2.C20H16F3N3O2/c1-27-23-5-3-2-4-20(23)16-29-11-10-19-12-17(6-9-25(19)29)13-24-22(26(30)31)14-21(15-28-24)18-7-8-18;1-11(27)16-9-14(12-2-3-12)10-25-18(16)26(19(28)20(21,22)23)15-4-5-17-13(8-15)6-7-24-17/h2-6,9-12,14-15,18H,7-8,13,16H2,(H,30,31);4-10,12,24H,2-3H2,1H3. The number of carboxylic acids is 1. The molecule has 0 saturated heterocycles. The molecule has 0 radical (unpaired) electrons. The fourth-order valence-electron chi connectivity index (χ4n) is 7.30. The predicted molar refractivity (Wildman–Crippen MR) is 217 cm³/mol. The summed E-state index contributed by atoms with van der Waals surface area (Å²) < 4.78 is 42.2. The maximum atomic E-state index is 13.4. The highest BCUT2D eigenvalue weighted by Gasteiger charge is 2.45. The quantitative estimate of drug-likeness (QED) is 0.105. The summed E-state index contributed by atoms with van der Waals surface area (Å²) in [5, 5.41) is 11.4. The van der Waals surface area contributed by atoms with Crippen molar-refractivity contribution in [3.05, 3.63) is 160 Å². The number of hydrogen-bond donors (Lipinski definition) is 2. The first kappa shape index (κ1) is 38.8. The molecule has 0 bridgehead atoms. The summed E-state index contributed by atoms with van der Waals surface area (Å²) in [5.41, 5.74) is 7.21. The van der Waals surface area contributed by atoms with Crippen LogP contribution in [-0.2, 0) is 17.8 Å². The molecule has 7 aromatic rings. The van der Waals surface area contributed by atoms with Gasteiger partial charge >= 0.3 is 18.1 Å². The number of rotatable bonds is 10. The van der Waals surface area contributed by atoms with Gasteiger partial charge in [0, 0.05) is 54.2 Å². The number of carbonyl (C=O) groups is 3. The van der Waals surface area contributed by atoms with Gasteiger partial charge in [-0.05, 0) is 127 Å². The summed E-state index contributed by atoms with van der Waals surface area (Å²) in [4.78, 5) is 51.9. The number of pyridine rings is 2. The lowest BCUT2D eigenvalue weighted by Gasteiger charge is -2.25. The number of Topliss-reactive ketones (excluding diaryl/α,β-unsaturated/α-hetero) is 1. The minimum atomic E-state index is -5.13. The van der Waals surface area contributed by atoms with E-state index in [9.17, 15) is 32.7 Å². The maximum Gasteiger partial charge on any atom is 0.472 e. The molecule has 0 spiro atoms. The third kappa shape index (κ3) is 8.34. The van der Waals surface area contributed by atoms with Crippen molar-refractivity contribution in [1.82, 2.24) is 19.5 Å². The van der Waals surface area contributed by atoms with Crippen molar-refractivity contribution in [3.63, 3.8) is 0 Å². The SMILES string of the molecule is CC(=O)c1cc(C2CC2)cnc1N(C(=O)C(F)(F)F)c1ccc2[nH]ccc2c1.[C-]#[N+]c1ccccc1Cn1ccc2cc(Cc3ncc(C4CC4)cc3C(=O)O)ccc21. The molecule has 2 saturated carbocycles. The number of benzene rings is 3. The third-order valence-corrected chi connectivity index (χ3v) is 10.7. The lowest BCUT2D eigenvalue weighted by Crippen LogP contribution is -2.39. The second kappa shape index (κ2) is 15.7. The predicted octanol–water partition coefficient (Wildman–Crippen LogP) is 10.7. The molecule has 59 heavy (non-hydrogen) atoms. The Morgan fingerprint density at radius 3 is 2.27 bits per heavy atom. The highest BCUT2D eigenvalue weighted by atomic mass is 19.4. The van der Waals surface area contributed by atoms with Gasteiger partial charge in [0.05, 0.1) is 29.1 Å². The van der Waals surface area contributed by atoms with Gasteiger partial charge in [-0.15, -0.1) is 0 Å². The second-order valence-corrected chi connectivity index (χ2v) is 15.0. The third-order valence-electron chi connectivity index (χ3n) is 10.7. The Labute approximate surface area is 336 Å². The van der Waals surface area contributed by atoms with E-state index in [4.69, 9.17) is 6.57 Å². The molecule has 296 valence electrons. The van der Waals surface area contributed by atoms with Gasteiger partial charge in [0.1, 0.15) is 0 Å². The second-order valence-electron chi connectivity index (χ2n) is 15.0. The molecule has 0 unspecified atom stereocenters. The van der Waals surface area contributed by atoms with E-state index in [2.05, 4.69) is 42.6 Å². The average Bonchev–Trinajstić information content (AvgIpc) is 4.17. The molecular weight excluding hydrogens is 758 g/mol. The summed E-state index contributed by atoms with van der Waals surface area (Å²) in [5.74, 6) is -3.04. The molecule has 2 aliphatic rings. The van der Waals surface area contributed by atoms with Crippen LogP contribution in [0.4, 0.5) is 30.4 Å². The normalized spacial score (nSPS) is 13.7. The first-order valence-electron chi connectivity index (χ1n) is 19.1. The van der Waals surface area contributed by atoms with Crippen LogP contribution in [0.3, 0.4) is 0 Å². The van der Waals surface area contributed by atoms with Gasteiger partial charge in [0.2, 0.25) is 0 Å². The zero-order valence-electron chi connectivity index (χ0n) is 31.8. The Morgan fingerprint density at radius 1 is 0.881 bits per heavy atom. The first-order valence-corrected chi connectivity index (χ1v) is 19.1. The number of ketones is 1. The van der Waals surface area contributed by atoms with E-state index in [-0.39, 0.29) is 23.0 Å². The van der Waals surface area contributed by atoms with Crippen molar-refractivity contribution in [2.24, 2.45) is 0 Å². The van der Waals surface area contributed by atoms with Gasteiger partial charge in [-0.2, -0.15) is 13.2 Å². The van der Waals surface area contributed by atoms with Crippen molar-refractivity contribution in [2.75, 3.05) is 4.90 Å². The molecule has 2 fully saturated rings. The number of alkyl halides is 3. The number of nitrogens with zero attached hydrogens (tertiary/aromatic N) is 5. The molecular formula is C46H37F3N6O4. The van der Waals surface area contributed by atoms with Crippen LogP contribution in [0.1, 0.15) is 93.1 Å². The van der Waals surface area contributed by atoms with Crippen LogP contribution >= 0.6 is 0 Å². The van der Waals surface area contributed by atoms with E-state index in [0.717, 1.165) is 58.8 Å². The number of carbonyl (C=O) groups excluding carboxylic acids is 2. The molecule has 3 aromatic carbocycles. The van der Waals surface area contributed by atoms with E-state index in [1.54, 1.807) is 30.5 Å². The van der Waals surface area contributed by atoms with Crippen LogP contribution in [0.2, 0.25) is 0 Å². The summed E-state index contributed by atoms with van der Waals surface area (Å²) >= 11 is 0. The highest BCUT2D eigenvalue weighted by Crippen LogP contribution is 2.42. The fraction of sp³-hybridized carbons (Fsp3) is 0.217. The Bertz CT molecular complexity index is 2810. The molecule has 1 amide bonds. The van der Waals surface area contributed by atoms with Gasteiger partial charge in [-0.25, -0.2) is 14.6 Å². The van der Waals surface area contributed by atoms with E-state index < -0.39 is 23.8 Å². The number of hydrogen-bond acceptors (Lipinski definition) is 5. The van der Waals surface area contributed by atoms with Gasteiger partial charge in [0.25, 0.3) is 0 Å². The van der Waals surface area contributed by atoms with Crippen LogP contribution in [0.5, 0.6) is 0 Å². The molecule has 13 heteroatoms. The Balaban J connectivity index is 0.000000165. The number of anilines is 2. The Kier molecular flexibility index (Phi) is 10.3. The maximum absolute atomic E-state index is 13.4. The minimum absolute atomic E-state index is 0.00355. The van der Waals surface area contributed by atoms with E-state index in [1.807, 2.05) is 42.7 Å². The van der Waals surface area contributed by atoms with Crippen LogP contribution in [0, 0.1) is 6.57 Å². The fourth-order valence-corrected chi connectivity index (χ4v) is 7.30. The Morgan fingerprint density at radius 2 is 1.59 bits per heavy atom. The van der Waals surface area contributed by atoms with Gasteiger partial charge in [-0.3, -0.25) is 19.5 Å². The molecule has 0 atom stereocenters. The van der Waals surface area contributed by atoms with E-state index in [0.29, 0.717) is 51.6 Å². The monoisotopic (exact) mass is 794 g/mol. The molecule has 4 heterocycles.